The van der Waals surface area contributed by atoms with E-state index < -0.39 is 0 Å². The molecule has 14 heavy (non-hydrogen) atoms. The van der Waals surface area contributed by atoms with Crippen LogP contribution in [-0.4, -0.2) is 7.11 Å². The molecule has 0 N–H and O–H groups in total. The molecular formula is C12H15ClO. The van der Waals surface area contributed by atoms with Gasteiger partial charge in [-0.25, -0.2) is 0 Å². The monoisotopic (exact) mass is 210 g/mol. The van der Waals surface area contributed by atoms with Crippen LogP contribution in [0, 0.1) is 6.92 Å². The summed E-state index contributed by atoms with van der Waals surface area (Å²) in [5, 5.41) is 0. The van der Waals surface area contributed by atoms with Crippen molar-refractivity contribution in [2.45, 2.75) is 19.7 Å². The highest BCUT2D eigenvalue weighted by atomic mass is 35.5. The molecular weight excluding hydrogens is 196 g/mol. The van der Waals surface area contributed by atoms with Gasteiger partial charge in [0.1, 0.15) is 5.75 Å². The van der Waals surface area contributed by atoms with Crippen molar-refractivity contribution in [2.24, 2.45) is 0 Å². The van der Waals surface area contributed by atoms with Crippen LogP contribution in [-0.2, 0) is 5.88 Å². The Morgan fingerprint density at radius 2 is 2.14 bits per heavy atom. The number of ether oxygens (including phenoxy) is 1. The summed E-state index contributed by atoms with van der Waals surface area (Å²) >= 11 is 5.80. The van der Waals surface area contributed by atoms with E-state index >= 15 is 0 Å². The molecule has 0 saturated carbocycles. The van der Waals surface area contributed by atoms with Gasteiger partial charge in [0.05, 0.1) is 7.11 Å². The molecule has 1 aromatic carbocycles. The maximum atomic E-state index is 5.80. The molecule has 0 amide bonds. The number of benzene rings is 1. The van der Waals surface area contributed by atoms with Crippen LogP contribution >= 0.6 is 11.6 Å². The Balaban J connectivity index is 3.26. The number of allylic oxidation sites excluding steroid dienone is 1. The summed E-state index contributed by atoms with van der Waals surface area (Å²) < 4.78 is 5.28. The SMILES string of the molecule is C/C=C\c1cc(CCl)cc(OC)c1C. The molecule has 0 aliphatic carbocycles. The fraction of sp³-hybridized carbons (Fsp3) is 0.333. The maximum Gasteiger partial charge on any atom is 0.122 e. The van der Waals surface area contributed by atoms with Gasteiger partial charge in [0.25, 0.3) is 0 Å². The third kappa shape index (κ3) is 2.30. The second-order valence-corrected chi connectivity index (χ2v) is 3.41. The minimum Gasteiger partial charge on any atom is -0.496 e. The van der Waals surface area contributed by atoms with Crippen molar-refractivity contribution in [3.63, 3.8) is 0 Å². The van der Waals surface area contributed by atoms with E-state index in [2.05, 4.69) is 12.1 Å². The Kier molecular flexibility index (Phi) is 4.02. The van der Waals surface area contributed by atoms with Gasteiger partial charge in [-0.2, -0.15) is 0 Å². The van der Waals surface area contributed by atoms with Crippen LogP contribution in [0.15, 0.2) is 18.2 Å². The number of methoxy groups -OCH3 is 1. The molecule has 0 heterocycles. The van der Waals surface area contributed by atoms with Gasteiger partial charge in [-0.15, -0.1) is 11.6 Å². The van der Waals surface area contributed by atoms with Gasteiger partial charge >= 0.3 is 0 Å². The van der Waals surface area contributed by atoms with Gasteiger partial charge in [0, 0.05) is 5.88 Å². The van der Waals surface area contributed by atoms with Gasteiger partial charge in [-0.3, -0.25) is 0 Å². The Morgan fingerprint density at radius 1 is 1.43 bits per heavy atom. The molecule has 0 bridgehead atoms. The minimum atomic E-state index is 0.515. The van der Waals surface area contributed by atoms with Gasteiger partial charge in [0.2, 0.25) is 0 Å². The van der Waals surface area contributed by atoms with E-state index in [0.29, 0.717) is 5.88 Å². The molecule has 0 aliphatic rings. The Bertz CT molecular complexity index is 342. The van der Waals surface area contributed by atoms with E-state index in [4.69, 9.17) is 16.3 Å². The van der Waals surface area contributed by atoms with Crippen LogP contribution in [0.1, 0.15) is 23.6 Å². The first-order valence-electron chi connectivity index (χ1n) is 4.59. The summed E-state index contributed by atoms with van der Waals surface area (Å²) in [7, 11) is 1.68. The largest absolute Gasteiger partial charge is 0.496 e. The van der Waals surface area contributed by atoms with E-state index in [-0.39, 0.29) is 0 Å². The highest BCUT2D eigenvalue weighted by Gasteiger charge is 2.04. The third-order valence-corrected chi connectivity index (χ3v) is 2.49. The van der Waals surface area contributed by atoms with Crippen LogP contribution in [0.25, 0.3) is 6.08 Å². The van der Waals surface area contributed by atoms with Gasteiger partial charge < -0.3 is 4.74 Å². The van der Waals surface area contributed by atoms with Crippen molar-refractivity contribution < 1.29 is 4.74 Å². The van der Waals surface area contributed by atoms with Crippen molar-refractivity contribution >= 4 is 17.7 Å². The predicted molar refractivity (Wildman–Crippen MR) is 62.0 cm³/mol. The topological polar surface area (TPSA) is 9.23 Å². The second-order valence-electron chi connectivity index (χ2n) is 3.15. The zero-order valence-electron chi connectivity index (χ0n) is 8.80. The van der Waals surface area contributed by atoms with Gasteiger partial charge in [-0.05, 0) is 36.6 Å². The molecule has 1 nitrogen and oxygen atoms in total. The van der Waals surface area contributed by atoms with E-state index in [0.717, 1.165) is 16.9 Å². The Morgan fingerprint density at radius 3 is 2.64 bits per heavy atom. The summed E-state index contributed by atoms with van der Waals surface area (Å²) in [4.78, 5) is 0. The third-order valence-electron chi connectivity index (χ3n) is 2.18. The highest BCUT2D eigenvalue weighted by molar-refractivity contribution is 6.17. The Hall–Kier alpha value is -0.950. The number of rotatable bonds is 3. The van der Waals surface area contributed by atoms with Crippen molar-refractivity contribution in [3.8, 4) is 5.75 Å². The van der Waals surface area contributed by atoms with Gasteiger partial charge in [-0.1, -0.05) is 18.2 Å². The Labute approximate surface area is 90.3 Å². The summed E-state index contributed by atoms with van der Waals surface area (Å²) in [5.41, 5.74) is 3.41. The smallest absolute Gasteiger partial charge is 0.122 e. The zero-order valence-corrected chi connectivity index (χ0v) is 9.56. The molecule has 1 rings (SSSR count). The van der Waals surface area contributed by atoms with E-state index in [1.807, 2.05) is 26.0 Å². The summed E-state index contributed by atoms with van der Waals surface area (Å²) in [6, 6.07) is 4.07. The lowest BCUT2D eigenvalue weighted by atomic mass is 10.0. The van der Waals surface area contributed by atoms with Crippen LogP contribution in [0.2, 0.25) is 0 Å². The average molecular weight is 211 g/mol. The molecule has 0 unspecified atom stereocenters. The lowest BCUT2D eigenvalue weighted by Crippen LogP contribution is -1.92. The molecule has 0 atom stereocenters. The number of halogens is 1. The van der Waals surface area contributed by atoms with Crippen molar-refractivity contribution in [1.82, 2.24) is 0 Å². The summed E-state index contributed by atoms with van der Waals surface area (Å²) in [6.45, 7) is 4.05. The molecule has 0 saturated heterocycles. The molecule has 2 heteroatoms. The molecule has 76 valence electrons. The first-order valence-corrected chi connectivity index (χ1v) is 5.12. The average Bonchev–Trinajstić information content (AvgIpc) is 2.21. The molecule has 0 fully saturated rings. The number of alkyl halides is 1. The highest BCUT2D eigenvalue weighted by Crippen LogP contribution is 2.25. The first-order chi connectivity index (χ1) is 6.72. The maximum absolute atomic E-state index is 5.80. The number of hydrogen-bond donors (Lipinski definition) is 0. The molecule has 0 aliphatic heterocycles. The van der Waals surface area contributed by atoms with Crippen LogP contribution < -0.4 is 4.74 Å². The van der Waals surface area contributed by atoms with Crippen LogP contribution in [0.5, 0.6) is 5.75 Å². The fourth-order valence-corrected chi connectivity index (χ4v) is 1.56. The summed E-state index contributed by atoms with van der Waals surface area (Å²) in [6.07, 6.45) is 4.08. The zero-order chi connectivity index (χ0) is 10.6. The lowest BCUT2D eigenvalue weighted by Gasteiger charge is -2.09. The second kappa shape index (κ2) is 5.06. The molecule has 0 spiro atoms. The minimum absolute atomic E-state index is 0.515. The van der Waals surface area contributed by atoms with Crippen molar-refractivity contribution in [3.05, 3.63) is 34.9 Å². The lowest BCUT2D eigenvalue weighted by molar-refractivity contribution is 0.411. The summed E-state index contributed by atoms with van der Waals surface area (Å²) in [5.74, 6) is 1.41. The molecule has 0 radical (unpaired) electrons. The van der Waals surface area contributed by atoms with Crippen LogP contribution in [0.3, 0.4) is 0 Å². The van der Waals surface area contributed by atoms with Gasteiger partial charge in [0.15, 0.2) is 0 Å². The quantitative estimate of drug-likeness (QED) is 0.690. The normalized spacial score (nSPS) is 10.9. The van der Waals surface area contributed by atoms with Crippen molar-refractivity contribution in [2.75, 3.05) is 7.11 Å². The predicted octanol–water partition coefficient (Wildman–Crippen LogP) is 3.78. The van der Waals surface area contributed by atoms with Crippen LogP contribution in [0.4, 0.5) is 0 Å². The molecule has 1 aromatic rings. The fourth-order valence-electron chi connectivity index (χ4n) is 1.41. The van der Waals surface area contributed by atoms with E-state index in [1.54, 1.807) is 7.11 Å². The van der Waals surface area contributed by atoms with Crippen molar-refractivity contribution in [1.29, 1.82) is 0 Å². The standard InChI is InChI=1S/C12H15ClO/c1-4-5-11-6-10(8-13)7-12(14-3)9(11)2/h4-7H,8H2,1-3H3/b5-4-. The first kappa shape index (κ1) is 11.1. The van der Waals surface area contributed by atoms with E-state index in [1.165, 1.54) is 5.56 Å². The molecule has 0 aromatic heterocycles. The van der Waals surface area contributed by atoms with E-state index in [9.17, 15) is 0 Å². The number of hydrogen-bond acceptors (Lipinski definition) is 1.